The quantitative estimate of drug-likeness (QED) is 0.508. The topological polar surface area (TPSA) is 35.3 Å². The van der Waals surface area contributed by atoms with Gasteiger partial charge in [0.2, 0.25) is 0 Å². The molecule has 19 heavy (non-hydrogen) atoms. The normalized spacial score (nSPS) is 11.4. The van der Waals surface area contributed by atoms with Gasteiger partial charge in [-0.2, -0.15) is 0 Å². The average Bonchev–Trinajstić information content (AvgIpc) is 2.83. The molecule has 0 atom stereocenters. The molecule has 0 saturated carbocycles. The lowest BCUT2D eigenvalue weighted by Crippen LogP contribution is -1.88. The lowest BCUT2D eigenvalue weighted by atomic mass is 10.1. The summed E-state index contributed by atoms with van der Waals surface area (Å²) in [4.78, 5) is 4.70. The Balaban J connectivity index is 2.31. The molecule has 0 fully saturated rings. The molecule has 0 aliphatic carbocycles. The van der Waals surface area contributed by atoms with Gasteiger partial charge < -0.3 is 9.15 Å². The van der Waals surface area contributed by atoms with Crippen LogP contribution >= 0.6 is 0 Å². The second kappa shape index (κ2) is 3.72. The zero-order valence-corrected chi connectivity index (χ0v) is 10.4. The van der Waals surface area contributed by atoms with Gasteiger partial charge in [-0.15, -0.1) is 0 Å². The molecule has 0 spiro atoms. The Morgan fingerprint density at radius 1 is 0.947 bits per heavy atom. The number of rotatable bonds is 1. The summed E-state index contributed by atoms with van der Waals surface area (Å²) >= 11 is 0. The van der Waals surface area contributed by atoms with Crippen molar-refractivity contribution in [1.82, 2.24) is 4.98 Å². The van der Waals surface area contributed by atoms with Gasteiger partial charge in [-0.05, 0) is 24.3 Å². The van der Waals surface area contributed by atoms with Gasteiger partial charge in [0.15, 0.2) is 11.3 Å². The van der Waals surface area contributed by atoms with E-state index in [1.807, 2.05) is 48.5 Å². The maximum absolute atomic E-state index is 5.90. The molecular weight excluding hydrogens is 238 g/mol. The maximum Gasteiger partial charge on any atom is 0.196 e. The smallest absolute Gasteiger partial charge is 0.196 e. The van der Waals surface area contributed by atoms with E-state index in [-0.39, 0.29) is 0 Å². The van der Waals surface area contributed by atoms with Crippen LogP contribution in [0.5, 0.6) is 5.75 Å². The van der Waals surface area contributed by atoms with E-state index in [1.54, 1.807) is 7.11 Å². The molecule has 0 saturated heterocycles. The Labute approximate surface area is 109 Å². The van der Waals surface area contributed by atoms with Gasteiger partial charge in [0.05, 0.1) is 12.6 Å². The second-order valence-electron chi connectivity index (χ2n) is 4.44. The number of benzene rings is 2. The molecular formula is C16H11NO2. The fourth-order valence-electron chi connectivity index (χ4n) is 2.51. The molecule has 3 heteroatoms. The van der Waals surface area contributed by atoms with E-state index in [4.69, 9.17) is 14.1 Å². The number of hydrogen-bond donors (Lipinski definition) is 0. The molecule has 0 bridgehead atoms. The summed E-state index contributed by atoms with van der Waals surface area (Å²) in [5.74, 6) is 0.747. The SMILES string of the molecule is COc1c2ccccc2nc2c1oc1ccccc12. The van der Waals surface area contributed by atoms with Crippen LogP contribution in [0.25, 0.3) is 33.0 Å². The van der Waals surface area contributed by atoms with E-state index in [2.05, 4.69) is 0 Å². The summed E-state index contributed by atoms with van der Waals surface area (Å²) < 4.78 is 11.4. The lowest BCUT2D eigenvalue weighted by Gasteiger charge is -2.05. The Bertz CT molecular complexity index is 908. The van der Waals surface area contributed by atoms with Crippen LogP contribution in [-0.2, 0) is 0 Å². The molecule has 2 heterocycles. The van der Waals surface area contributed by atoms with Crippen molar-refractivity contribution < 1.29 is 9.15 Å². The standard InChI is InChI=1S/C16H11NO2/c1-18-15-10-6-2-4-8-12(10)17-14-11-7-3-5-9-13(11)19-16(14)15/h2-9H,1H3. The first-order chi connectivity index (χ1) is 9.38. The zero-order chi connectivity index (χ0) is 12.8. The number of hydrogen-bond acceptors (Lipinski definition) is 3. The molecule has 0 N–H and O–H groups in total. The minimum atomic E-state index is 0.711. The Kier molecular flexibility index (Phi) is 2.03. The van der Waals surface area contributed by atoms with Crippen LogP contribution < -0.4 is 4.74 Å². The lowest BCUT2D eigenvalue weighted by molar-refractivity contribution is 0.416. The van der Waals surface area contributed by atoms with Crippen LogP contribution in [0.15, 0.2) is 52.9 Å². The third kappa shape index (κ3) is 1.35. The summed E-state index contributed by atoms with van der Waals surface area (Å²) in [6.07, 6.45) is 0. The number of fused-ring (bicyclic) bond motifs is 4. The summed E-state index contributed by atoms with van der Waals surface area (Å²) in [5, 5.41) is 1.98. The van der Waals surface area contributed by atoms with Crippen LogP contribution in [0.3, 0.4) is 0 Å². The van der Waals surface area contributed by atoms with Gasteiger partial charge in [0, 0.05) is 10.8 Å². The van der Waals surface area contributed by atoms with Crippen LogP contribution in [0.1, 0.15) is 0 Å². The van der Waals surface area contributed by atoms with Crippen LogP contribution in [0.2, 0.25) is 0 Å². The van der Waals surface area contributed by atoms with Crippen molar-refractivity contribution in [1.29, 1.82) is 0 Å². The van der Waals surface area contributed by atoms with E-state index in [0.717, 1.165) is 33.1 Å². The van der Waals surface area contributed by atoms with E-state index in [9.17, 15) is 0 Å². The summed E-state index contributed by atoms with van der Waals surface area (Å²) in [7, 11) is 1.66. The first kappa shape index (κ1) is 10.4. The van der Waals surface area contributed by atoms with Gasteiger partial charge >= 0.3 is 0 Å². The molecule has 2 aromatic carbocycles. The first-order valence-electron chi connectivity index (χ1n) is 6.12. The molecule has 2 aromatic heterocycles. The van der Waals surface area contributed by atoms with Crippen LogP contribution in [0.4, 0.5) is 0 Å². The molecule has 4 aromatic rings. The number of ether oxygens (including phenoxy) is 1. The highest BCUT2D eigenvalue weighted by molar-refractivity contribution is 6.09. The Hall–Kier alpha value is -2.55. The molecule has 4 rings (SSSR count). The van der Waals surface area contributed by atoms with Gasteiger partial charge in [-0.25, -0.2) is 4.98 Å². The molecule has 0 unspecified atom stereocenters. The summed E-state index contributed by atoms with van der Waals surface area (Å²) in [5.41, 5.74) is 3.31. The predicted molar refractivity (Wildman–Crippen MR) is 75.6 cm³/mol. The largest absolute Gasteiger partial charge is 0.492 e. The maximum atomic E-state index is 5.90. The third-order valence-electron chi connectivity index (χ3n) is 3.36. The molecule has 0 aliphatic rings. The average molecular weight is 249 g/mol. The molecule has 0 radical (unpaired) electrons. The number of para-hydroxylation sites is 2. The highest BCUT2D eigenvalue weighted by Crippen LogP contribution is 2.37. The van der Waals surface area contributed by atoms with Gasteiger partial charge in [0.25, 0.3) is 0 Å². The van der Waals surface area contributed by atoms with Crippen molar-refractivity contribution in [2.24, 2.45) is 0 Å². The van der Waals surface area contributed by atoms with E-state index < -0.39 is 0 Å². The number of pyridine rings is 1. The van der Waals surface area contributed by atoms with Crippen LogP contribution in [0, 0.1) is 0 Å². The van der Waals surface area contributed by atoms with Crippen LogP contribution in [-0.4, -0.2) is 12.1 Å². The predicted octanol–water partition coefficient (Wildman–Crippen LogP) is 4.14. The fourth-order valence-corrected chi connectivity index (χ4v) is 2.51. The highest BCUT2D eigenvalue weighted by atomic mass is 16.5. The third-order valence-corrected chi connectivity index (χ3v) is 3.36. The molecule has 0 amide bonds. The van der Waals surface area contributed by atoms with E-state index in [1.165, 1.54) is 0 Å². The van der Waals surface area contributed by atoms with Gasteiger partial charge in [0.1, 0.15) is 11.1 Å². The molecule has 0 aliphatic heterocycles. The van der Waals surface area contributed by atoms with Crippen molar-refractivity contribution >= 4 is 33.0 Å². The highest BCUT2D eigenvalue weighted by Gasteiger charge is 2.15. The second-order valence-corrected chi connectivity index (χ2v) is 4.44. The fraction of sp³-hybridized carbons (Fsp3) is 0.0625. The minimum Gasteiger partial charge on any atom is -0.492 e. The molecule has 3 nitrogen and oxygen atoms in total. The van der Waals surface area contributed by atoms with Crippen molar-refractivity contribution in [3.05, 3.63) is 48.5 Å². The molecule has 92 valence electrons. The number of nitrogens with zero attached hydrogens (tertiary/aromatic N) is 1. The van der Waals surface area contributed by atoms with Crippen molar-refractivity contribution in [3.63, 3.8) is 0 Å². The first-order valence-corrected chi connectivity index (χ1v) is 6.12. The van der Waals surface area contributed by atoms with E-state index in [0.29, 0.717) is 5.58 Å². The number of furan rings is 1. The van der Waals surface area contributed by atoms with Gasteiger partial charge in [-0.3, -0.25) is 0 Å². The van der Waals surface area contributed by atoms with Gasteiger partial charge in [-0.1, -0.05) is 24.3 Å². The monoisotopic (exact) mass is 249 g/mol. The summed E-state index contributed by atoms with van der Waals surface area (Å²) in [6.45, 7) is 0. The van der Waals surface area contributed by atoms with Crippen molar-refractivity contribution in [2.45, 2.75) is 0 Å². The number of aromatic nitrogens is 1. The minimum absolute atomic E-state index is 0.711. The number of methoxy groups -OCH3 is 1. The van der Waals surface area contributed by atoms with E-state index >= 15 is 0 Å². The van der Waals surface area contributed by atoms with Crippen molar-refractivity contribution in [3.8, 4) is 5.75 Å². The zero-order valence-electron chi connectivity index (χ0n) is 10.4. The summed E-state index contributed by atoms with van der Waals surface area (Å²) in [6, 6.07) is 15.8. The Morgan fingerprint density at radius 3 is 2.53 bits per heavy atom. The van der Waals surface area contributed by atoms with Crippen molar-refractivity contribution in [2.75, 3.05) is 7.11 Å². The Morgan fingerprint density at radius 2 is 1.68 bits per heavy atom.